The summed E-state index contributed by atoms with van der Waals surface area (Å²) in [5.74, 6) is 0.916. The molecule has 0 saturated heterocycles. The minimum Gasteiger partial charge on any atom is -0.387 e. The molecule has 3 nitrogen and oxygen atoms in total. The largest absolute Gasteiger partial charge is 0.387 e. The molecule has 1 aliphatic rings. The van der Waals surface area contributed by atoms with Gasteiger partial charge >= 0.3 is 0 Å². The van der Waals surface area contributed by atoms with Gasteiger partial charge in [-0.2, -0.15) is 5.10 Å². The predicted molar refractivity (Wildman–Crippen MR) is 50.2 cm³/mol. The van der Waals surface area contributed by atoms with Crippen molar-refractivity contribution < 1.29 is 5.11 Å². The summed E-state index contributed by atoms with van der Waals surface area (Å²) in [6.45, 7) is 4.32. The first-order valence-corrected chi connectivity index (χ1v) is 4.90. The van der Waals surface area contributed by atoms with Gasteiger partial charge in [0.1, 0.15) is 0 Å². The first-order chi connectivity index (χ1) is 6.20. The second kappa shape index (κ2) is 3.14. The Bertz CT molecular complexity index is 293. The van der Waals surface area contributed by atoms with Crippen molar-refractivity contribution in [1.82, 2.24) is 10.2 Å². The topological polar surface area (TPSA) is 48.9 Å². The molecule has 0 spiro atoms. The lowest BCUT2D eigenvalue weighted by Gasteiger charge is -2.30. The molecule has 1 aliphatic carbocycles. The van der Waals surface area contributed by atoms with E-state index in [-0.39, 0.29) is 6.10 Å². The van der Waals surface area contributed by atoms with Crippen molar-refractivity contribution in [2.24, 2.45) is 11.8 Å². The SMILES string of the molecule is CC(C)C1CCc2cn[nH]c2C1O. The molecule has 2 N–H and O–H groups in total. The van der Waals surface area contributed by atoms with E-state index >= 15 is 0 Å². The van der Waals surface area contributed by atoms with Crippen LogP contribution in [0.5, 0.6) is 0 Å². The molecule has 1 heterocycles. The number of nitrogens with one attached hydrogen (secondary N) is 1. The molecule has 0 aliphatic heterocycles. The Kier molecular flexibility index (Phi) is 2.12. The number of aliphatic hydroxyl groups excluding tert-OH is 1. The zero-order valence-electron chi connectivity index (χ0n) is 8.12. The first-order valence-electron chi connectivity index (χ1n) is 4.90. The van der Waals surface area contributed by atoms with E-state index in [2.05, 4.69) is 24.0 Å². The van der Waals surface area contributed by atoms with E-state index in [4.69, 9.17) is 0 Å². The van der Waals surface area contributed by atoms with Gasteiger partial charge in [-0.15, -0.1) is 0 Å². The molecule has 72 valence electrons. The lowest BCUT2D eigenvalue weighted by atomic mass is 9.79. The van der Waals surface area contributed by atoms with Crippen LogP contribution in [0.25, 0.3) is 0 Å². The highest BCUT2D eigenvalue weighted by Gasteiger charge is 2.31. The third kappa shape index (κ3) is 1.37. The molecular weight excluding hydrogens is 164 g/mol. The summed E-state index contributed by atoms with van der Waals surface area (Å²) in [6.07, 6.45) is 3.61. The fourth-order valence-corrected chi connectivity index (χ4v) is 2.17. The molecule has 2 atom stereocenters. The summed E-state index contributed by atoms with van der Waals surface area (Å²) in [5.41, 5.74) is 2.12. The maximum Gasteiger partial charge on any atom is 0.0987 e. The van der Waals surface area contributed by atoms with Crippen molar-refractivity contribution in [2.75, 3.05) is 0 Å². The molecule has 13 heavy (non-hydrogen) atoms. The Morgan fingerprint density at radius 1 is 1.62 bits per heavy atom. The van der Waals surface area contributed by atoms with Crippen LogP contribution in [0.2, 0.25) is 0 Å². The van der Waals surface area contributed by atoms with Gasteiger partial charge in [0, 0.05) is 0 Å². The Balaban J connectivity index is 2.27. The van der Waals surface area contributed by atoms with Crippen LogP contribution in [0.15, 0.2) is 6.20 Å². The summed E-state index contributed by atoms with van der Waals surface area (Å²) in [6, 6.07) is 0. The number of aromatic amines is 1. The summed E-state index contributed by atoms with van der Waals surface area (Å²) in [4.78, 5) is 0. The Morgan fingerprint density at radius 3 is 3.08 bits per heavy atom. The molecule has 0 radical (unpaired) electrons. The summed E-state index contributed by atoms with van der Waals surface area (Å²) in [7, 11) is 0. The third-order valence-electron chi connectivity index (χ3n) is 3.06. The maximum atomic E-state index is 10.0. The highest BCUT2D eigenvalue weighted by molar-refractivity contribution is 5.22. The average Bonchev–Trinajstić information content (AvgIpc) is 2.52. The fraction of sp³-hybridized carbons (Fsp3) is 0.700. The number of hydrogen-bond donors (Lipinski definition) is 2. The number of H-pyrrole nitrogens is 1. The van der Waals surface area contributed by atoms with Gasteiger partial charge in [0.2, 0.25) is 0 Å². The minimum atomic E-state index is -0.341. The molecule has 2 rings (SSSR count). The summed E-state index contributed by atoms with van der Waals surface area (Å²) in [5, 5.41) is 16.9. The van der Waals surface area contributed by atoms with Crippen LogP contribution < -0.4 is 0 Å². The molecule has 0 aromatic carbocycles. The van der Waals surface area contributed by atoms with Gasteiger partial charge in [0.05, 0.1) is 18.0 Å². The standard InChI is InChI=1S/C10H16N2O/c1-6(2)8-4-3-7-5-11-12-9(7)10(8)13/h5-6,8,10,13H,3-4H2,1-2H3,(H,11,12). The van der Waals surface area contributed by atoms with Crippen molar-refractivity contribution in [3.63, 3.8) is 0 Å². The number of hydrogen-bond acceptors (Lipinski definition) is 2. The van der Waals surface area contributed by atoms with Crippen LogP contribution in [0.4, 0.5) is 0 Å². The van der Waals surface area contributed by atoms with Crippen molar-refractivity contribution in [3.05, 3.63) is 17.5 Å². The monoisotopic (exact) mass is 180 g/mol. The number of rotatable bonds is 1. The van der Waals surface area contributed by atoms with Crippen LogP contribution in [-0.4, -0.2) is 15.3 Å². The van der Waals surface area contributed by atoms with Crippen molar-refractivity contribution >= 4 is 0 Å². The fourth-order valence-electron chi connectivity index (χ4n) is 2.17. The second-order valence-corrected chi connectivity index (χ2v) is 4.20. The van der Waals surface area contributed by atoms with E-state index in [1.165, 1.54) is 5.56 Å². The smallest absolute Gasteiger partial charge is 0.0987 e. The number of aromatic nitrogens is 2. The quantitative estimate of drug-likeness (QED) is 0.690. The van der Waals surface area contributed by atoms with Gasteiger partial charge in [-0.3, -0.25) is 5.10 Å². The zero-order valence-corrected chi connectivity index (χ0v) is 8.12. The summed E-state index contributed by atoms with van der Waals surface area (Å²) >= 11 is 0. The Morgan fingerprint density at radius 2 is 2.38 bits per heavy atom. The van der Waals surface area contributed by atoms with Crippen molar-refractivity contribution in [2.45, 2.75) is 32.8 Å². The average molecular weight is 180 g/mol. The Labute approximate surface area is 78.2 Å². The molecule has 0 saturated carbocycles. The molecule has 1 aromatic rings. The van der Waals surface area contributed by atoms with Crippen LogP contribution in [0.1, 0.15) is 37.6 Å². The number of aliphatic hydroxyl groups is 1. The highest BCUT2D eigenvalue weighted by Crippen LogP contribution is 2.36. The second-order valence-electron chi connectivity index (χ2n) is 4.20. The zero-order chi connectivity index (χ0) is 9.42. The third-order valence-corrected chi connectivity index (χ3v) is 3.06. The highest BCUT2D eigenvalue weighted by atomic mass is 16.3. The van der Waals surface area contributed by atoms with Crippen molar-refractivity contribution in [1.29, 1.82) is 0 Å². The van der Waals surface area contributed by atoms with E-state index in [1.54, 1.807) is 0 Å². The summed E-state index contributed by atoms with van der Waals surface area (Å²) < 4.78 is 0. The van der Waals surface area contributed by atoms with E-state index in [0.29, 0.717) is 11.8 Å². The molecule has 1 aromatic heterocycles. The van der Waals surface area contributed by atoms with Crippen LogP contribution in [-0.2, 0) is 6.42 Å². The van der Waals surface area contributed by atoms with Gasteiger partial charge in [0.25, 0.3) is 0 Å². The normalized spacial score (nSPS) is 27.7. The molecule has 0 bridgehead atoms. The van der Waals surface area contributed by atoms with E-state index in [9.17, 15) is 5.11 Å². The lowest BCUT2D eigenvalue weighted by Crippen LogP contribution is -2.24. The predicted octanol–water partition coefficient (Wildman–Crippen LogP) is 1.66. The maximum absolute atomic E-state index is 10.0. The lowest BCUT2D eigenvalue weighted by molar-refractivity contribution is 0.0634. The van der Waals surface area contributed by atoms with Crippen LogP contribution in [0, 0.1) is 11.8 Å². The molecule has 2 unspecified atom stereocenters. The van der Waals surface area contributed by atoms with Gasteiger partial charge in [0.15, 0.2) is 0 Å². The van der Waals surface area contributed by atoms with Crippen molar-refractivity contribution in [3.8, 4) is 0 Å². The van der Waals surface area contributed by atoms with Gasteiger partial charge in [-0.1, -0.05) is 13.8 Å². The Hall–Kier alpha value is -0.830. The van der Waals surface area contributed by atoms with Gasteiger partial charge in [-0.05, 0) is 30.2 Å². The molecular formula is C10H16N2O. The van der Waals surface area contributed by atoms with Gasteiger partial charge in [-0.25, -0.2) is 0 Å². The first kappa shape index (κ1) is 8.75. The van der Waals surface area contributed by atoms with E-state index in [1.807, 2.05) is 6.20 Å². The number of fused-ring (bicyclic) bond motifs is 1. The van der Waals surface area contributed by atoms with Gasteiger partial charge < -0.3 is 5.11 Å². The minimum absolute atomic E-state index is 0.341. The number of aryl methyl sites for hydroxylation is 1. The van der Waals surface area contributed by atoms with E-state index < -0.39 is 0 Å². The molecule has 3 heteroatoms. The molecule has 0 amide bonds. The molecule has 0 fully saturated rings. The van der Waals surface area contributed by atoms with Crippen LogP contribution in [0.3, 0.4) is 0 Å². The van der Waals surface area contributed by atoms with Crippen LogP contribution >= 0.6 is 0 Å². The number of nitrogens with zero attached hydrogens (tertiary/aromatic N) is 1. The van der Waals surface area contributed by atoms with E-state index in [0.717, 1.165) is 18.5 Å².